The Hall–Kier alpha value is -3.23. The van der Waals surface area contributed by atoms with E-state index in [0.29, 0.717) is 29.2 Å². The minimum absolute atomic E-state index is 0.0596. The molecule has 0 radical (unpaired) electrons. The number of hydrogen-bond acceptors (Lipinski definition) is 5. The van der Waals surface area contributed by atoms with E-state index in [4.69, 9.17) is 14.3 Å². The number of rotatable bonds is 8. The van der Waals surface area contributed by atoms with Gasteiger partial charge in [-0.15, -0.1) is 0 Å². The van der Waals surface area contributed by atoms with E-state index < -0.39 is 11.7 Å². The van der Waals surface area contributed by atoms with Crippen LogP contribution in [-0.4, -0.2) is 43.4 Å². The standard InChI is InChI=1S/C24H25F3N2O4/c1-31-21-9-8-17(11-22(21)32-2)20-12-19(33-28-20)14-29(23(30)16-6-7-16)13-15-4-3-5-18(10-15)24(25,26)27/h3-5,8-11,16,19H,6-7,12-14H2,1-2H3. The summed E-state index contributed by atoms with van der Waals surface area (Å²) in [5.74, 6) is 1.04. The molecule has 1 atom stereocenters. The number of amides is 1. The Bertz CT molecular complexity index is 1050. The van der Waals surface area contributed by atoms with Crippen molar-refractivity contribution in [1.29, 1.82) is 0 Å². The van der Waals surface area contributed by atoms with Crippen molar-refractivity contribution in [3.63, 3.8) is 0 Å². The summed E-state index contributed by atoms with van der Waals surface area (Å²) in [5.41, 5.74) is 1.22. The van der Waals surface area contributed by atoms with E-state index in [1.165, 1.54) is 6.07 Å². The van der Waals surface area contributed by atoms with E-state index in [9.17, 15) is 18.0 Å². The molecule has 6 nitrogen and oxygen atoms in total. The summed E-state index contributed by atoms with van der Waals surface area (Å²) in [6.45, 7) is 0.330. The summed E-state index contributed by atoms with van der Waals surface area (Å²) in [7, 11) is 3.10. The summed E-state index contributed by atoms with van der Waals surface area (Å²) >= 11 is 0. The first-order valence-corrected chi connectivity index (χ1v) is 10.7. The molecule has 0 aromatic heterocycles. The monoisotopic (exact) mass is 462 g/mol. The molecular weight excluding hydrogens is 437 g/mol. The number of halogens is 3. The molecule has 0 saturated heterocycles. The van der Waals surface area contributed by atoms with Crippen LogP contribution in [0.25, 0.3) is 0 Å². The molecule has 2 aromatic rings. The number of nitrogens with zero attached hydrogens (tertiary/aromatic N) is 2. The molecular formula is C24H25F3N2O4. The van der Waals surface area contributed by atoms with Gasteiger partial charge >= 0.3 is 6.18 Å². The number of hydrogen-bond donors (Lipinski definition) is 0. The number of alkyl halides is 3. The lowest BCUT2D eigenvalue weighted by atomic mass is 10.0. The van der Waals surface area contributed by atoms with Gasteiger partial charge in [0.05, 0.1) is 32.0 Å². The third-order valence-electron chi connectivity index (χ3n) is 5.74. The predicted molar refractivity (Wildman–Crippen MR) is 115 cm³/mol. The Morgan fingerprint density at radius 3 is 2.55 bits per heavy atom. The summed E-state index contributed by atoms with van der Waals surface area (Å²) < 4.78 is 49.9. The molecule has 1 saturated carbocycles. The summed E-state index contributed by atoms with van der Waals surface area (Å²) in [6, 6.07) is 10.5. The maximum atomic E-state index is 13.1. The van der Waals surface area contributed by atoms with Crippen LogP contribution in [0.15, 0.2) is 47.6 Å². The quantitative estimate of drug-likeness (QED) is 0.573. The Morgan fingerprint density at radius 1 is 1.12 bits per heavy atom. The highest BCUT2D eigenvalue weighted by Gasteiger charge is 2.36. The van der Waals surface area contributed by atoms with Gasteiger partial charge in [-0.1, -0.05) is 17.3 Å². The lowest BCUT2D eigenvalue weighted by Gasteiger charge is -2.25. The maximum Gasteiger partial charge on any atom is 0.416 e. The van der Waals surface area contributed by atoms with Crippen molar-refractivity contribution >= 4 is 11.6 Å². The predicted octanol–water partition coefficient (Wildman–Crippen LogP) is 4.65. The van der Waals surface area contributed by atoms with Gasteiger partial charge in [-0.05, 0) is 48.7 Å². The summed E-state index contributed by atoms with van der Waals surface area (Å²) in [5, 5.41) is 4.18. The van der Waals surface area contributed by atoms with Crippen LogP contribution in [0.2, 0.25) is 0 Å². The zero-order valence-corrected chi connectivity index (χ0v) is 18.4. The number of carbonyl (C=O) groups is 1. The van der Waals surface area contributed by atoms with Crippen LogP contribution in [-0.2, 0) is 22.4 Å². The molecule has 1 aliphatic heterocycles. The molecule has 4 rings (SSSR count). The van der Waals surface area contributed by atoms with E-state index >= 15 is 0 Å². The molecule has 2 aromatic carbocycles. The highest BCUT2D eigenvalue weighted by molar-refractivity contribution is 6.01. The van der Waals surface area contributed by atoms with Crippen molar-refractivity contribution in [3.8, 4) is 11.5 Å². The molecule has 1 unspecified atom stereocenters. The van der Waals surface area contributed by atoms with Crippen LogP contribution in [0, 0.1) is 5.92 Å². The fraction of sp³-hybridized carbons (Fsp3) is 0.417. The van der Waals surface area contributed by atoms with E-state index in [0.717, 1.165) is 30.5 Å². The van der Waals surface area contributed by atoms with Crippen LogP contribution in [0.3, 0.4) is 0 Å². The van der Waals surface area contributed by atoms with Crippen LogP contribution < -0.4 is 9.47 Å². The molecule has 9 heteroatoms. The smallest absolute Gasteiger partial charge is 0.416 e. The summed E-state index contributed by atoms with van der Waals surface area (Å²) in [6.07, 6.45) is -2.75. The van der Waals surface area contributed by atoms with E-state index in [1.54, 1.807) is 37.3 Å². The van der Waals surface area contributed by atoms with Crippen molar-refractivity contribution in [3.05, 3.63) is 59.2 Å². The SMILES string of the molecule is COc1ccc(C2=NOC(CN(Cc3cccc(C(F)(F)F)c3)C(=O)C3CC3)C2)cc1OC. The minimum atomic E-state index is -4.43. The number of methoxy groups -OCH3 is 2. The molecule has 0 bridgehead atoms. The van der Waals surface area contributed by atoms with Gasteiger partial charge in [0.25, 0.3) is 0 Å². The first kappa shape index (κ1) is 22.9. The van der Waals surface area contributed by atoms with E-state index in [2.05, 4.69) is 5.16 Å². The number of oxime groups is 1. The normalized spacial score (nSPS) is 17.8. The van der Waals surface area contributed by atoms with E-state index in [-0.39, 0.29) is 31.0 Å². The van der Waals surface area contributed by atoms with Crippen LogP contribution in [0.4, 0.5) is 13.2 Å². The van der Waals surface area contributed by atoms with Crippen molar-refractivity contribution in [2.45, 2.75) is 38.1 Å². The average Bonchev–Trinajstić information content (AvgIpc) is 3.55. The first-order valence-electron chi connectivity index (χ1n) is 10.7. The average molecular weight is 462 g/mol. The Morgan fingerprint density at radius 2 is 1.88 bits per heavy atom. The molecule has 0 spiro atoms. The van der Waals surface area contributed by atoms with Crippen molar-refractivity contribution in [2.24, 2.45) is 11.1 Å². The van der Waals surface area contributed by atoms with Crippen molar-refractivity contribution < 1.29 is 32.3 Å². The van der Waals surface area contributed by atoms with Gasteiger partial charge in [0.1, 0.15) is 0 Å². The fourth-order valence-corrected chi connectivity index (χ4v) is 3.85. The van der Waals surface area contributed by atoms with Crippen molar-refractivity contribution in [1.82, 2.24) is 4.90 Å². The number of ether oxygens (including phenoxy) is 2. The lowest BCUT2D eigenvalue weighted by Crippen LogP contribution is -2.38. The van der Waals surface area contributed by atoms with Gasteiger partial charge in [-0.25, -0.2) is 0 Å². The van der Waals surface area contributed by atoms with Gasteiger partial charge in [-0.2, -0.15) is 13.2 Å². The van der Waals surface area contributed by atoms with Gasteiger partial charge in [0.15, 0.2) is 17.6 Å². The van der Waals surface area contributed by atoms with Crippen LogP contribution in [0.1, 0.15) is 36.0 Å². The van der Waals surface area contributed by atoms with Gasteiger partial charge < -0.3 is 19.2 Å². The largest absolute Gasteiger partial charge is 0.493 e. The van der Waals surface area contributed by atoms with Gasteiger partial charge in [0.2, 0.25) is 5.91 Å². The topological polar surface area (TPSA) is 60.4 Å². The molecule has 1 aliphatic carbocycles. The lowest BCUT2D eigenvalue weighted by molar-refractivity contribution is -0.137. The number of benzene rings is 2. The molecule has 0 N–H and O–H groups in total. The molecule has 1 heterocycles. The Balaban J connectivity index is 1.46. The summed E-state index contributed by atoms with van der Waals surface area (Å²) in [4.78, 5) is 20.0. The molecule has 2 aliphatic rings. The van der Waals surface area contributed by atoms with E-state index in [1.807, 2.05) is 6.07 Å². The Kier molecular flexibility index (Phi) is 6.49. The van der Waals surface area contributed by atoms with Crippen LogP contribution >= 0.6 is 0 Å². The second-order valence-corrected chi connectivity index (χ2v) is 8.23. The van der Waals surface area contributed by atoms with Crippen LogP contribution in [0.5, 0.6) is 11.5 Å². The fourth-order valence-electron chi connectivity index (χ4n) is 3.85. The van der Waals surface area contributed by atoms with Gasteiger partial charge in [0, 0.05) is 24.4 Å². The van der Waals surface area contributed by atoms with Gasteiger partial charge in [-0.3, -0.25) is 4.79 Å². The highest BCUT2D eigenvalue weighted by atomic mass is 19.4. The molecule has 33 heavy (non-hydrogen) atoms. The Labute approximate surface area is 189 Å². The zero-order valence-electron chi connectivity index (χ0n) is 18.4. The maximum absolute atomic E-state index is 13.1. The minimum Gasteiger partial charge on any atom is -0.493 e. The molecule has 176 valence electrons. The third kappa shape index (κ3) is 5.40. The third-order valence-corrected chi connectivity index (χ3v) is 5.74. The first-order chi connectivity index (χ1) is 15.8. The molecule has 1 fully saturated rings. The highest BCUT2D eigenvalue weighted by Crippen LogP contribution is 2.34. The zero-order chi connectivity index (χ0) is 23.6. The molecule has 1 amide bonds. The number of carbonyl (C=O) groups excluding carboxylic acids is 1. The van der Waals surface area contributed by atoms with Crippen molar-refractivity contribution in [2.75, 3.05) is 20.8 Å². The second kappa shape index (κ2) is 9.33. The second-order valence-electron chi connectivity index (χ2n) is 8.23.